The van der Waals surface area contributed by atoms with E-state index in [9.17, 15) is 9.59 Å². The van der Waals surface area contributed by atoms with Crippen molar-refractivity contribution in [2.24, 2.45) is 0 Å². The molecule has 0 saturated carbocycles. The predicted octanol–water partition coefficient (Wildman–Crippen LogP) is 1.28. The summed E-state index contributed by atoms with van der Waals surface area (Å²) in [6, 6.07) is 7.56. The molecule has 1 amide bonds. The number of rotatable bonds is 1. The van der Waals surface area contributed by atoms with Gasteiger partial charge in [0, 0.05) is 4.90 Å². The number of carbonyl (C=O) groups excluding carboxylic acids is 2. The average Bonchev–Trinajstić information content (AvgIpc) is 2.60. The van der Waals surface area contributed by atoms with E-state index in [2.05, 4.69) is 0 Å². The second kappa shape index (κ2) is 3.22. The molecule has 0 radical (unpaired) electrons. The van der Waals surface area contributed by atoms with E-state index in [4.69, 9.17) is 0 Å². The second-order valence-corrected chi connectivity index (χ2v) is 3.61. The molecule has 0 aromatic heterocycles. The highest BCUT2D eigenvalue weighted by atomic mass is 32.2. The van der Waals surface area contributed by atoms with Gasteiger partial charge in [-0.3, -0.25) is 14.5 Å². The summed E-state index contributed by atoms with van der Waals surface area (Å²) in [5, 5.41) is 0. The summed E-state index contributed by atoms with van der Waals surface area (Å²) >= 11 is 1.57. The van der Waals surface area contributed by atoms with Gasteiger partial charge in [-0.25, -0.2) is 0 Å². The zero-order valence-corrected chi connectivity index (χ0v) is 7.58. The Hall–Kier alpha value is -1.29. The Kier molecular flexibility index (Phi) is 2.06. The minimum Gasteiger partial charge on any atom is -0.295 e. The van der Waals surface area contributed by atoms with Crippen LogP contribution in [0.4, 0.5) is 5.69 Å². The first kappa shape index (κ1) is 8.31. The largest absolute Gasteiger partial charge is 0.295 e. The number of benzene rings is 1. The third-order valence-electron chi connectivity index (χ3n) is 1.87. The predicted molar refractivity (Wildman–Crippen MR) is 50.7 cm³/mol. The van der Waals surface area contributed by atoms with Crippen molar-refractivity contribution in [2.45, 2.75) is 4.90 Å². The molecule has 0 N–H and O–H groups in total. The van der Waals surface area contributed by atoms with Crippen molar-refractivity contribution in [3.63, 3.8) is 0 Å². The van der Waals surface area contributed by atoms with Gasteiger partial charge >= 0.3 is 0 Å². The number of carbonyl (C=O) groups is 2. The first-order valence-corrected chi connectivity index (χ1v) is 4.80. The Morgan fingerprint density at radius 2 is 2.23 bits per heavy atom. The van der Waals surface area contributed by atoms with Crippen molar-refractivity contribution in [3.05, 3.63) is 24.3 Å². The second-order valence-electron chi connectivity index (χ2n) is 2.63. The Morgan fingerprint density at radius 3 is 3.00 bits per heavy atom. The molecule has 4 heteroatoms. The zero-order valence-electron chi connectivity index (χ0n) is 6.77. The molecule has 3 nitrogen and oxygen atoms in total. The molecular weight excluding hydrogens is 186 g/mol. The molecule has 1 aromatic carbocycles. The minimum atomic E-state index is -0.475. The van der Waals surface area contributed by atoms with Crippen LogP contribution in [0.25, 0.3) is 0 Å². The first-order valence-electron chi connectivity index (χ1n) is 3.81. The molecule has 0 fully saturated rings. The van der Waals surface area contributed by atoms with Crippen LogP contribution >= 0.6 is 11.8 Å². The molecular formula is C9H7NO2S. The fourth-order valence-electron chi connectivity index (χ4n) is 1.25. The van der Waals surface area contributed by atoms with Gasteiger partial charge in [-0.2, -0.15) is 0 Å². The van der Waals surface area contributed by atoms with Crippen LogP contribution in [0.2, 0.25) is 0 Å². The number of nitrogens with zero attached hydrogens (tertiary/aromatic N) is 1. The molecule has 0 unspecified atom stereocenters. The van der Waals surface area contributed by atoms with Gasteiger partial charge in [0.1, 0.15) is 0 Å². The number of amides is 1. The molecule has 1 aromatic rings. The molecule has 1 aliphatic heterocycles. The monoisotopic (exact) mass is 193 g/mol. The third-order valence-corrected chi connectivity index (χ3v) is 2.92. The summed E-state index contributed by atoms with van der Waals surface area (Å²) in [6.07, 6.45) is 0.350. The fourth-order valence-corrected chi connectivity index (χ4v) is 2.29. The van der Waals surface area contributed by atoms with Gasteiger partial charge in [0.25, 0.3) is 5.91 Å². The first-order chi connectivity index (χ1) is 6.33. The van der Waals surface area contributed by atoms with Gasteiger partial charge < -0.3 is 0 Å². The number of anilines is 1. The summed E-state index contributed by atoms with van der Waals surface area (Å²) in [4.78, 5) is 24.0. The smallest absolute Gasteiger partial charge is 0.291 e. The number of hydrogen-bond acceptors (Lipinski definition) is 3. The van der Waals surface area contributed by atoms with E-state index in [1.807, 2.05) is 24.3 Å². The number of aldehydes is 1. The number of thioether (sulfide) groups is 1. The normalized spacial score (nSPS) is 14.0. The standard InChI is InChI=1S/C9H7NO2S/c11-5-9(12)10-6-13-8-4-2-1-3-7(8)10/h1-5H,6H2. The number of para-hydroxylation sites is 1. The lowest BCUT2D eigenvalue weighted by Gasteiger charge is -2.11. The van der Waals surface area contributed by atoms with Crippen LogP contribution in [-0.4, -0.2) is 18.1 Å². The fraction of sp³-hybridized carbons (Fsp3) is 0.111. The van der Waals surface area contributed by atoms with Crippen LogP contribution in [-0.2, 0) is 9.59 Å². The maximum Gasteiger partial charge on any atom is 0.291 e. The van der Waals surface area contributed by atoms with Crippen molar-refractivity contribution in [1.29, 1.82) is 0 Å². The Bertz CT molecular complexity index is 364. The molecule has 13 heavy (non-hydrogen) atoms. The van der Waals surface area contributed by atoms with Crippen molar-refractivity contribution in [2.75, 3.05) is 10.8 Å². The molecule has 66 valence electrons. The summed E-state index contributed by atoms with van der Waals surface area (Å²) in [5.41, 5.74) is 0.838. The van der Waals surface area contributed by atoms with Crippen LogP contribution in [0.1, 0.15) is 0 Å². The molecule has 2 rings (SSSR count). The summed E-state index contributed by atoms with van der Waals surface area (Å²) in [7, 11) is 0. The molecule has 0 atom stereocenters. The van der Waals surface area contributed by atoms with E-state index in [1.54, 1.807) is 11.8 Å². The third kappa shape index (κ3) is 1.33. The van der Waals surface area contributed by atoms with E-state index >= 15 is 0 Å². The van der Waals surface area contributed by atoms with Gasteiger partial charge in [0.05, 0.1) is 11.6 Å². The zero-order chi connectivity index (χ0) is 9.26. The van der Waals surface area contributed by atoms with Crippen molar-refractivity contribution < 1.29 is 9.59 Å². The minimum absolute atomic E-state index is 0.350. The van der Waals surface area contributed by atoms with Gasteiger partial charge in [-0.15, -0.1) is 11.8 Å². The molecule has 0 saturated heterocycles. The number of fused-ring (bicyclic) bond motifs is 1. The van der Waals surface area contributed by atoms with Gasteiger partial charge in [0.2, 0.25) is 6.29 Å². The highest BCUT2D eigenvalue weighted by molar-refractivity contribution is 8.00. The highest BCUT2D eigenvalue weighted by Crippen LogP contribution is 2.37. The van der Waals surface area contributed by atoms with Gasteiger partial charge in [-0.05, 0) is 12.1 Å². The highest BCUT2D eigenvalue weighted by Gasteiger charge is 2.23. The topological polar surface area (TPSA) is 37.4 Å². The molecule has 0 spiro atoms. The molecule has 0 aliphatic carbocycles. The van der Waals surface area contributed by atoms with E-state index in [0.29, 0.717) is 12.2 Å². The van der Waals surface area contributed by atoms with E-state index < -0.39 is 5.91 Å². The summed E-state index contributed by atoms with van der Waals surface area (Å²) in [5.74, 6) is 0.0640. The lowest BCUT2D eigenvalue weighted by molar-refractivity contribution is -0.129. The summed E-state index contributed by atoms with van der Waals surface area (Å²) in [6.45, 7) is 0. The van der Waals surface area contributed by atoms with Crippen molar-refractivity contribution in [1.82, 2.24) is 0 Å². The summed E-state index contributed by atoms with van der Waals surface area (Å²) < 4.78 is 0. The quantitative estimate of drug-likeness (QED) is 0.498. The average molecular weight is 193 g/mol. The van der Waals surface area contributed by atoms with Crippen LogP contribution in [0.15, 0.2) is 29.2 Å². The Morgan fingerprint density at radius 1 is 1.46 bits per heavy atom. The Balaban J connectivity index is 2.38. The lowest BCUT2D eigenvalue weighted by Crippen LogP contribution is -2.28. The molecule has 1 heterocycles. The van der Waals surface area contributed by atoms with Gasteiger partial charge in [-0.1, -0.05) is 12.1 Å². The molecule has 0 bridgehead atoms. The number of hydrogen-bond donors (Lipinski definition) is 0. The van der Waals surface area contributed by atoms with Gasteiger partial charge in [0.15, 0.2) is 0 Å². The molecule has 1 aliphatic rings. The lowest BCUT2D eigenvalue weighted by atomic mass is 10.3. The van der Waals surface area contributed by atoms with E-state index in [1.165, 1.54) is 4.90 Å². The van der Waals surface area contributed by atoms with E-state index in [-0.39, 0.29) is 0 Å². The Labute approximate surface area is 79.7 Å². The van der Waals surface area contributed by atoms with Crippen LogP contribution in [0.5, 0.6) is 0 Å². The SMILES string of the molecule is O=CC(=O)N1CSc2ccccc21. The maximum atomic E-state index is 11.1. The van der Waals surface area contributed by atoms with Crippen molar-refractivity contribution in [3.8, 4) is 0 Å². The van der Waals surface area contributed by atoms with Crippen LogP contribution < -0.4 is 4.90 Å². The maximum absolute atomic E-state index is 11.1. The van der Waals surface area contributed by atoms with Crippen LogP contribution in [0.3, 0.4) is 0 Å². The van der Waals surface area contributed by atoms with Crippen LogP contribution in [0, 0.1) is 0 Å². The van der Waals surface area contributed by atoms with E-state index in [0.717, 1.165) is 10.6 Å². The van der Waals surface area contributed by atoms with Crippen molar-refractivity contribution >= 4 is 29.6 Å².